The van der Waals surface area contributed by atoms with Crippen molar-refractivity contribution in [1.82, 2.24) is 9.78 Å². The molecule has 0 fully saturated rings. The van der Waals surface area contributed by atoms with Gasteiger partial charge in [-0.2, -0.15) is 5.10 Å². The molecule has 2 N–H and O–H groups in total. The van der Waals surface area contributed by atoms with Crippen molar-refractivity contribution in [2.24, 2.45) is 5.14 Å². The second kappa shape index (κ2) is 7.87. The zero-order valence-corrected chi connectivity index (χ0v) is 18.9. The van der Waals surface area contributed by atoms with Gasteiger partial charge < -0.3 is 0 Å². The SMILES string of the molecule is NS(=O)(=O)c1ccc(-n2nc(-c3ccc(Br)cc3)cc2-c2ccc(Br)cc2)cc1. The van der Waals surface area contributed by atoms with E-state index in [-0.39, 0.29) is 4.90 Å². The first-order chi connectivity index (χ1) is 13.8. The van der Waals surface area contributed by atoms with Gasteiger partial charge in [0, 0.05) is 20.1 Å². The van der Waals surface area contributed by atoms with Crippen LogP contribution in [0.3, 0.4) is 0 Å². The predicted octanol–water partition coefficient (Wildman–Crippen LogP) is 5.38. The van der Waals surface area contributed by atoms with E-state index in [1.807, 2.05) is 54.6 Å². The lowest BCUT2D eigenvalue weighted by Crippen LogP contribution is -2.12. The summed E-state index contributed by atoms with van der Waals surface area (Å²) in [5.74, 6) is 0. The van der Waals surface area contributed by atoms with Crippen molar-refractivity contribution >= 4 is 41.9 Å². The molecule has 4 rings (SSSR count). The molecule has 0 aliphatic carbocycles. The van der Waals surface area contributed by atoms with E-state index in [0.29, 0.717) is 0 Å². The Morgan fingerprint density at radius 3 is 1.79 bits per heavy atom. The predicted molar refractivity (Wildman–Crippen MR) is 121 cm³/mol. The molecule has 3 aromatic carbocycles. The van der Waals surface area contributed by atoms with Gasteiger partial charge in [0.15, 0.2) is 0 Å². The normalized spacial score (nSPS) is 11.6. The quantitative estimate of drug-likeness (QED) is 0.383. The van der Waals surface area contributed by atoms with Gasteiger partial charge in [-0.15, -0.1) is 0 Å². The summed E-state index contributed by atoms with van der Waals surface area (Å²) < 4.78 is 26.9. The third kappa shape index (κ3) is 4.35. The van der Waals surface area contributed by atoms with Crippen molar-refractivity contribution in [2.45, 2.75) is 4.90 Å². The zero-order chi connectivity index (χ0) is 20.6. The van der Waals surface area contributed by atoms with Crippen LogP contribution >= 0.6 is 31.9 Å². The van der Waals surface area contributed by atoms with Crippen LogP contribution in [0.15, 0.2) is 92.7 Å². The Morgan fingerprint density at radius 2 is 1.28 bits per heavy atom. The number of nitrogens with two attached hydrogens (primary N) is 1. The summed E-state index contributed by atoms with van der Waals surface area (Å²) in [4.78, 5) is 0.0618. The lowest BCUT2D eigenvalue weighted by atomic mass is 10.1. The fourth-order valence-corrected chi connectivity index (χ4v) is 3.99. The van der Waals surface area contributed by atoms with Crippen molar-refractivity contribution in [2.75, 3.05) is 0 Å². The number of primary sulfonamides is 1. The van der Waals surface area contributed by atoms with Crippen LogP contribution in [0, 0.1) is 0 Å². The van der Waals surface area contributed by atoms with Crippen molar-refractivity contribution in [3.05, 3.63) is 87.8 Å². The molecule has 0 saturated heterocycles. The van der Waals surface area contributed by atoms with E-state index in [2.05, 4.69) is 31.9 Å². The number of benzene rings is 3. The van der Waals surface area contributed by atoms with Crippen LogP contribution in [0.4, 0.5) is 0 Å². The fraction of sp³-hybridized carbons (Fsp3) is 0. The topological polar surface area (TPSA) is 78.0 Å². The summed E-state index contributed by atoms with van der Waals surface area (Å²) in [6.45, 7) is 0. The van der Waals surface area contributed by atoms with Crippen LogP contribution in [-0.4, -0.2) is 18.2 Å². The van der Waals surface area contributed by atoms with Crippen LogP contribution in [-0.2, 0) is 10.0 Å². The fourth-order valence-electron chi connectivity index (χ4n) is 2.94. The number of halogens is 2. The average Bonchev–Trinajstić information content (AvgIpc) is 3.14. The molecular formula is C21H15Br2N3O2S. The summed E-state index contributed by atoms with van der Waals surface area (Å²) >= 11 is 6.91. The van der Waals surface area contributed by atoms with Gasteiger partial charge >= 0.3 is 0 Å². The molecule has 0 unspecified atom stereocenters. The van der Waals surface area contributed by atoms with Gasteiger partial charge in [-0.1, -0.05) is 56.1 Å². The highest BCUT2D eigenvalue weighted by molar-refractivity contribution is 9.10. The maximum Gasteiger partial charge on any atom is 0.238 e. The molecule has 8 heteroatoms. The summed E-state index contributed by atoms with van der Waals surface area (Å²) in [6.07, 6.45) is 0. The second-order valence-electron chi connectivity index (χ2n) is 6.38. The molecule has 0 aliphatic rings. The first kappa shape index (κ1) is 20.0. The molecule has 146 valence electrons. The number of sulfonamides is 1. The Kier molecular flexibility index (Phi) is 5.44. The number of aromatic nitrogens is 2. The molecular weight excluding hydrogens is 518 g/mol. The summed E-state index contributed by atoms with van der Waals surface area (Å²) in [5.41, 5.74) is 4.40. The highest BCUT2D eigenvalue weighted by Crippen LogP contribution is 2.30. The molecule has 0 bridgehead atoms. The number of hydrogen-bond donors (Lipinski definition) is 1. The van der Waals surface area contributed by atoms with Crippen molar-refractivity contribution in [3.8, 4) is 28.2 Å². The van der Waals surface area contributed by atoms with Crippen LogP contribution in [0.25, 0.3) is 28.2 Å². The van der Waals surface area contributed by atoms with Gasteiger partial charge in [-0.25, -0.2) is 18.2 Å². The molecule has 1 heterocycles. The molecule has 0 aliphatic heterocycles. The lowest BCUT2D eigenvalue weighted by Gasteiger charge is -2.08. The van der Waals surface area contributed by atoms with Crippen LogP contribution in [0.5, 0.6) is 0 Å². The van der Waals surface area contributed by atoms with E-state index in [1.54, 1.807) is 16.8 Å². The van der Waals surface area contributed by atoms with Gasteiger partial charge in [-0.05, 0) is 54.6 Å². The summed E-state index contributed by atoms with van der Waals surface area (Å²) in [7, 11) is -3.75. The smallest absolute Gasteiger partial charge is 0.232 e. The lowest BCUT2D eigenvalue weighted by molar-refractivity contribution is 0.598. The molecule has 0 amide bonds. The van der Waals surface area contributed by atoms with Crippen LogP contribution in [0.1, 0.15) is 0 Å². The van der Waals surface area contributed by atoms with Gasteiger partial charge in [-0.3, -0.25) is 0 Å². The van der Waals surface area contributed by atoms with Crippen molar-refractivity contribution in [1.29, 1.82) is 0 Å². The number of rotatable bonds is 4. The number of nitrogens with zero attached hydrogens (tertiary/aromatic N) is 2. The third-order valence-corrected chi connectivity index (χ3v) is 6.39. The number of hydrogen-bond acceptors (Lipinski definition) is 3. The largest absolute Gasteiger partial charge is 0.238 e. The Balaban J connectivity index is 1.86. The minimum Gasteiger partial charge on any atom is -0.232 e. The van der Waals surface area contributed by atoms with Crippen molar-refractivity contribution in [3.63, 3.8) is 0 Å². The van der Waals surface area contributed by atoms with E-state index in [9.17, 15) is 8.42 Å². The molecule has 0 spiro atoms. The molecule has 0 saturated carbocycles. The van der Waals surface area contributed by atoms with Crippen LogP contribution in [0.2, 0.25) is 0 Å². The molecule has 5 nitrogen and oxygen atoms in total. The molecule has 29 heavy (non-hydrogen) atoms. The molecule has 0 radical (unpaired) electrons. The first-order valence-corrected chi connectivity index (χ1v) is 11.7. The Morgan fingerprint density at radius 1 is 0.759 bits per heavy atom. The summed E-state index contributed by atoms with van der Waals surface area (Å²) in [5, 5.41) is 9.99. The monoisotopic (exact) mass is 531 g/mol. The van der Waals surface area contributed by atoms with E-state index < -0.39 is 10.0 Å². The Hall–Kier alpha value is -2.26. The standard InChI is InChI=1S/C21H15Br2N3O2S/c22-16-5-1-14(2-6-16)20-13-21(15-3-7-17(23)8-4-15)26(25-20)18-9-11-19(12-10-18)29(24,27)28/h1-13H,(H2,24,27,28). The summed E-state index contributed by atoms with van der Waals surface area (Å²) in [6, 6.07) is 24.2. The second-order valence-corrected chi connectivity index (χ2v) is 9.77. The van der Waals surface area contributed by atoms with E-state index >= 15 is 0 Å². The molecule has 1 aromatic heterocycles. The van der Waals surface area contributed by atoms with Crippen LogP contribution < -0.4 is 5.14 Å². The first-order valence-electron chi connectivity index (χ1n) is 8.56. The maximum atomic E-state index is 11.6. The highest BCUT2D eigenvalue weighted by atomic mass is 79.9. The maximum absolute atomic E-state index is 11.6. The van der Waals surface area contributed by atoms with Crippen molar-refractivity contribution < 1.29 is 8.42 Å². The van der Waals surface area contributed by atoms with Gasteiger partial charge in [0.2, 0.25) is 10.0 Å². The minimum atomic E-state index is -3.75. The highest BCUT2D eigenvalue weighted by Gasteiger charge is 2.14. The van der Waals surface area contributed by atoms with Gasteiger partial charge in [0.25, 0.3) is 0 Å². The molecule has 0 atom stereocenters. The minimum absolute atomic E-state index is 0.0618. The van der Waals surface area contributed by atoms with E-state index in [4.69, 9.17) is 10.2 Å². The molecule has 4 aromatic rings. The van der Waals surface area contributed by atoms with E-state index in [0.717, 1.165) is 37.1 Å². The zero-order valence-electron chi connectivity index (χ0n) is 15.0. The third-order valence-electron chi connectivity index (χ3n) is 4.40. The Bertz CT molecular complexity index is 1270. The van der Waals surface area contributed by atoms with E-state index in [1.165, 1.54) is 12.1 Å². The van der Waals surface area contributed by atoms with Gasteiger partial charge in [0.05, 0.1) is 22.0 Å². The Labute approximate surface area is 185 Å². The van der Waals surface area contributed by atoms with Gasteiger partial charge in [0.1, 0.15) is 0 Å². The average molecular weight is 533 g/mol.